The van der Waals surface area contributed by atoms with Gasteiger partial charge in [-0.05, 0) is 256 Å². The quantitative estimate of drug-likeness (QED) is 0.108. The van der Waals surface area contributed by atoms with Crippen molar-refractivity contribution in [2.24, 2.45) is 0 Å². The average Bonchev–Trinajstić information content (AvgIpc) is 0.935. The molecule has 6 aromatic heterocycles. The molecule has 0 saturated heterocycles. The summed E-state index contributed by atoms with van der Waals surface area (Å²) in [5.41, 5.74) is 29.5. The predicted octanol–water partition coefficient (Wildman–Crippen LogP) is 34.3. The van der Waals surface area contributed by atoms with E-state index < -0.39 is 60.5 Å². The maximum Gasteiger partial charge on any atom is 0.252 e. The van der Waals surface area contributed by atoms with Crippen LogP contribution in [0.5, 0.6) is 0 Å². The van der Waals surface area contributed by atoms with Gasteiger partial charge in [0.2, 0.25) is 0 Å². The fraction of sp³-hybridized carbons (Fsp3) is 0.00719. The van der Waals surface area contributed by atoms with E-state index in [4.69, 9.17) is 0 Å². The van der Waals surface area contributed by atoms with E-state index in [1.807, 2.05) is 84.9 Å². The van der Waals surface area contributed by atoms with Crippen LogP contribution in [0.1, 0.15) is 41.4 Å². The Kier molecular flexibility index (Phi) is 14.4. The first-order valence-corrected chi connectivity index (χ1v) is 49.6. The second-order valence-corrected chi connectivity index (χ2v) is 38.9. The lowest BCUT2D eigenvalue weighted by molar-refractivity contribution is 0.768. The summed E-state index contributed by atoms with van der Waals surface area (Å²) in [4.78, 5) is 4.81. The van der Waals surface area contributed by atoms with Gasteiger partial charge in [0.05, 0.1) is 91.1 Å². The number of rotatable bonds is 13. The summed E-state index contributed by atoms with van der Waals surface area (Å²) >= 11 is 0. The van der Waals surface area contributed by atoms with Crippen molar-refractivity contribution in [1.82, 2.24) is 17.9 Å². The fourth-order valence-corrected chi connectivity index (χ4v) is 25.4. The molecule has 0 saturated carbocycles. The van der Waals surface area contributed by atoms with Gasteiger partial charge in [-0.15, -0.1) is 0 Å². The fourth-order valence-electron chi connectivity index (χ4n) is 25.4. The minimum absolute atomic E-state index is 0.00146. The second-order valence-electron chi connectivity index (χ2n) is 38.9. The summed E-state index contributed by atoms with van der Waals surface area (Å²) in [6.07, 6.45) is 0. The highest BCUT2D eigenvalue weighted by atomic mass is 15.2. The SMILES string of the molecule is [2H]c1c([2H])c([2H])c2c(c1[2H])c1c([2H])c([2H])c(-c3ccccc3)c([2H])c1n2-c1ccc2c(c1)N(c1ccc(-c3ccccc3)cc1-c1cc3c4ccccc4n4c5ccccc5c(c1)c34)c1cc(-c3ccc4c(c3)-c3ccccc3C4(c3ccccc3)c3ccccc3)cc3c1B2c1ccc(-n2c4c([2H])c([2H])c([2H])c([2H])c4c4c([2H])c([2H])c(-c5ccccc5)c([2H])c42)cc1N3c1ccc(-c2ccccc2)cc1-c1cc2c3ccccc3n3c4ccccc4c(c1)c23. The van der Waals surface area contributed by atoms with Crippen molar-refractivity contribution in [3.05, 3.63) is 538 Å². The van der Waals surface area contributed by atoms with Crippen LogP contribution in [-0.4, -0.2) is 24.6 Å². The molecule has 32 rings (SSSR count). The van der Waals surface area contributed by atoms with Crippen LogP contribution < -0.4 is 26.2 Å². The highest BCUT2D eigenvalue weighted by molar-refractivity contribution is 7.00. The average molecular weight is 1860 g/mol. The van der Waals surface area contributed by atoms with Crippen molar-refractivity contribution in [2.45, 2.75) is 5.41 Å². The van der Waals surface area contributed by atoms with E-state index in [-0.39, 0.29) is 91.0 Å². The zero-order valence-electron chi connectivity index (χ0n) is 92.3. The van der Waals surface area contributed by atoms with Gasteiger partial charge in [-0.25, -0.2) is 0 Å². The molecule has 0 fully saturated rings. The third-order valence-corrected chi connectivity index (χ3v) is 31.5. The lowest BCUT2D eigenvalue weighted by atomic mass is 9.33. The van der Waals surface area contributed by atoms with Crippen LogP contribution in [0, 0.1) is 0 Å². The van der Waals surface area contributed by atoms with E-state index in [1.165, 1.54) is 0 Å². The molecule has 0 spiro atoms. The third kappa shape index (κ3) is 11.5. The van der Waals surface area contributed by atoms with Crippen molar-refractivity contribution >= 4 is 177 Å². The molecule has 674 valence electrons. The Morgan fingerprint density at radius 3 is 0.979 bits per heavy atom. The lowest BCUT2D eigenvalue weighted by Crippen LogP contribution is -2.61. The first kappa shape index (κ1) is 68.1. The zero-order valence-corrected chi connectivity index (χ0v) is 78.3. The topological polar surface area (TPSA) is 25.2 Å². The summed E-state index contributed by atoms with van der Waals surface area (Å²) in [6, 6.07) is 146. The predicted molar refractivity (Wildman–Crippen MR) is 614 cm³/mol. The van der Waals surface area contributed by atoms with Crippen LogP contribution in [0.15, 0.2) is 515 Å². The Morgan fingerprint density at radius 2 is 0.548 bits per heavy atom. The van der Waals surface area contributed by atoms with Crippen LogP contribution in [0.25, 0.3) is 220 Å². The second kappa shape index (κ2) is 31.0. The molecule has 3 aliphatic rings. The van der Waals surface area contributed by atoms with Crippen LogP contribution in [-0.2, 0) is 5.41 Å². The van der Waals surface area contributed by atoms with E-state index in [9.17, 15) is 19.2 Å². The molecule has 2 aliphatic heterocycles. The smallest absolute Gasteiger partial charge is 0.252 e. The standard InChI is InChI=1S/C139H85BN6/c1-7-33-86(34-8-1)90-62-71-128(111(73-90)96-76-114-105-48-22-29-55-124(105)145-125-56-30-23-49-106(125)115(77-96)137(114)145)143-132-84-100(141-122-53-27-20-46-103(122)109-66-59-93(80-130(109)141)88-37-11-3-12-38-88)64-69-120(132)140-121-70-65-101(142-123-54-28-21-47-104(123)110-67-60-94(81-131(110)142)89-39-13-4-14-40-89)85-133(121)144(129-72-63-91(87-35-9-2-10-36-87)74-112(129)97-78-116-107-50-24-31-57-126(107)146-127-58-32-25-51-108(127)117(79-97)138(116)146)135-83-95(82-134(143)136(135)140)92-61-68-119-113(75-92)102-45-19-26-52-118(102)139(119,98-41-15-5-16-42-98)99-43-17-6-18-44-99/h1-85H/i20D,21D,27D,28D,46D,47D,53D,54D,59D,60D,66D,67D,80D,81D. The largest absolute Gasteiger partial charge is 0.311 e. The molecule has 0 amide bonds. The summed E-state index contributed by atoms with van der Waals surface area (Å²) in [6.45, 7) is -0.849. The number of anilines is 6. The molecular formula is C139H85BN6. The zero-order chi connectivity index (χ0) is 107. The molecule has 29 aromatic rings. The minimum atomic E-state index is -0.849. The van der Waals surface area contributed by atoms with E-state index in [1.54, 1.807) is 9.13 Å². The van der Waals surface area contributed by atoms with E-state index in [2.05, 4.69) is 364 Å². The molecule has 0 unspecified atom stereocenters. The molecular weight excluding hydrogens is 1760 g/mol. The number of nitrogens with zero attached hydrogens (tertiary/aromatic N) is 6. The van der Waals surface area contributed by atoms with Gasteiger partial charge in [0.25, 0.3) is 6.71 Å². The maximum atomic E-state index is 10.9. The van der Waals surface area contributed by atoms with E-state index in [0.29, 0.717) is 33.9 Å². The molecule has 23 aromatic carbocycles. The molecule has 1 aliphatic carbocycles. The highest BCUT2D eigenvalue weighted by Gasteiger charge is 2.49. The summed E-state index contributed by atoms with van der Waals surface area (Å²) in [5, 5.41) is 8.43. The Balaban J connectivity index is 0.770. The maximum absolute atomic E-state index is 10.9. The van der Waals surface area contributed by atoms with Gasteiger partial charge >= 0.3 is 0 Å². The molecule has 6 nitrogen and oxygen atoms in total. The van der Waals surface area contributed by atoms with Crippen LogP contribution in [0.3, 0.4) is 0 Å². The number of fused-ring (bicyclic) bond motifs is 25. The van der Waals surface area contributed by atoms with E-state index in [0.717, 1.165) is 204 Å². The van der Waals surface area contributed by atoms with Crippen LogP contribution in [0.4, 0.5) is 34.1 Å². The first-order chi connectivity index (χ1) is 78.3. The van der Waals surface area contributed by atoms with Gasteiger partial charge in [0.15, 0.2) is 0 Å². The summed E-state index contributed by atoms with van der Waals surface area (Å²) in [5.74, 6) is 0. The molecule has 146 heavy (non-hydrogen) atoms. The Labute approximate surface area is 862 Å². The number of aromatic nitrogens is 4. The van der Waals surface area contributed by atoms with Crippen molar-refractivity contribution in [3.63, 3.8) is 0 Å². The van der Waals surface area contributed by atoms with Gasteiger partial charge in [-0.3, -0.25) is 0 Å². The number of para-hydroxylation sites is 6. The van der Waals surface area contributed by atoms with E-state index >= 15 is 0 Å². The molecule has 0 bridgehead atoms. The highest BCUT2D eigenvalue weighted by Crippen LogP contribution is 2.60. The van der Waals surface area contributed by atoms with Gasteiger partial charge in [-0.2, -0.15) is 0 Å². The first-order valence-electron chi connectivity index (χ1n) is 56.6. The summed E-state index contributed by atoms with van der Waals surface area (Å²) < 4.78 is 151. The van der Waals surface area contributed by atoms with Crippen LogP contribution >= 0.6 is 0 Å². The Bertz CT molecular complexity index is 10700. The number of hydrogen-bond acceptors (Lipinski definition) is 2. The minimum Gasteiger partial charge on any atom is -0.311 e. The molecule has 7 heteroatoms. The molecule has 0 atom stereocenters. The number of hydrogen-bond donors (Lipinski definition) is 0. The van der Waals surface area contributed by atoms with Crippen molar-refractivity contribution in [3.8, 4) is 100 Å². The third-order valence-electron chi connectivity index (χ3n) is 31.5. The monoisotopic (exact) mass is 1860 g/mol. The van der Waals surface area contributed by atoms with Crippen molar-refractivity contribution in [1.29, 1.82) is 0 Å². The lowest BCUT2D eigenvalue weighted by Gasteiger charge is -2.45. The number of benzene rings is 23. The summed E-state index contributed by atoms with van der Waals surface area (Å²) in [7, 11) is 0. The Morgan fingerprint density at radius 1 is 0.199 bits per heavy atom. The van der Waals surface area contributed by atoms with Gasteiger partial charge < -0.3 is 27.7 Å². The van der Waals surface area contributed by atoms with Crippen molar-refractivity contribution in [2.75, 3.05) is 9.80 Å². The molecule has 0 N–H and O–H groups in total. The van der Waals surface area contributed by atoms with Gasteiger partial charge in [-0.1, -0.05) is 376 Å². The van der Waals surface area contributed by atoms with Gasteiger partial charge in [0.1, 0.15) is 0 Å². The normalized spacial score (nSPS) is 14.4. The molecule has 0 radical (unpaired) electrons. The Hall–Kier alpha value is -19.1. The van der Waals surface area contributed by atoms with Crippen LogP contribution in [0.2, 0.25) is 0 Å². The van der Waals surface area contributed by atoms with Gasteiger partial charge in [0, 0.05) is 110 Å². The molecule has 8 heterocycles. The van der Waals surface area contributed by atoms with Crippen molar-refractivity contribution < 1.29 is 19.2 Å².